The van der Waals surface area contributed by atoms with Crippen LogP contribution in [0.4, 0.5) is 10.1 Å². The lowest BCUT2D eigenvalue weighted by Gasteiger charge is -2.15. The first-order valence-electron chi connectivity index (χ1n) is 7.66. The lowest BCUT2D eigenvalue weighted by molar-refractivity contribution is 0.0959. The van der Waals surface area contributed by atoms with Gasteiger partial charge in [-0.3, -0.25) is 9.89 Å². The Hall–Kier alpha value is -2.37. The topological polar surface area (TPSA) is 69.8 Å². The maximum atomic E-state index is 12.0. The number of nitrogens with zero attached hydrogens (tertiary/aromatic N) is 1. The summed E-state index contributed by atoms with van der Waals surface area (Å²) >= 11 is 0. The van der Waals surface area contributed by atoms with E-state index >= 15 is 0 Å². The average Bonchev–Trinajstić information content (AvgIpc) is 3.05. The Kier molecular flexibility index (Phi) is 10.9. The second kappa shape index (κ2) is 12.2. The van der Waals surface area contributed by atoms with Crippen molar-refractivity contribution in [1.82, 2.24) is 15.5 Å². The number of hydrogen-bond acceptors (Lipinski definition) is 3. The van der Waals surface area contributed by atoms with Crippen molar-refractivity contribution in [3.8, 4) is 0 Å². The number of halogens is 1. The highest BCUT2D eigenvalue weighted by Crippen LogP contribution is 2.14. The van der Waals surface area contributed by atoms with Gasteiger partial charge >= 0.3 is 0 Å². The molecule has 1 rings (SSSR count). The fraction of sp³-hybridized carbons (Fsp3) is 0.412. The van der Waals surface area contributed by atoms with Crippen molar-refractivity contribution in [2.45, 2.75) is 39.7 Å². The molecule has 0 aliphatic heterocycles. The smallest absolute Gasteiger partial charge is 0.271 e. The molecule has 0 atom stereocenters. The summed E-state index contributed by atoms with van der Waals surface area (Å²) in [6.45, 7) is 9.25. The van der Waals surface area contributed by atoms with Crippen molar-refractivity contribution in [1.29, 1.82) is 0 Å². The summed E-state index contributed by atoms with van der Waals surface area (Å²) in [6, 6.07) is 0.381. The van der Waals surface area contributed by atoms with Crippen molar-refractivity contribution in [2.24, 2.45) is 0 Å². The largest absolute Gasteiger partial charge is 0.379 e. The molecule has 6 heteroatoms. The Morgan fingerprint density at radius 1 is 1.48 bits per heavy atom. The van der Waals surface area contributed by atoms with Gasteiger partial charge in [0.15, 0.2) is 0 Å². The molecule has 5 nitrogen and oxygen atoms in total. The summed E-state index contributed by atoms with van der Waals surface area (Å²) in [4.78, 5) is 11.4. The third-order valence-electron chi connectivity index (χ3n) is 3.11. The Morgan fingerprint density at radius 3 is 2.61 bits per heavy atom. The van der Waals surface area contributed by atoms with Crippen molar-refractivity contribution in [2.75, 3.05) is 12.4 Å². The molecular formula is C17H27FN4O. The fourth-order valence-electron chi connectivity index (χ4n) is 1.66. The van der Waals surface area contributed by atoms with Crippen LogP contribution in [-0.2, 0) is 0 Å². The molecule has 0 unspecified atom stereocenters. The number of anilines is 1. The molecule has 0 spiro atoms. The van der Waals surface area contributed by atoms with Gasteiger partial charge in [-0.25, -0.2) is 4.39 Å². The molecular weight excluding hydrogens is 295 g/mol. The molecule has 1 aromatic heterocycles. The van der Waals surface area contributed by atoms with Crippen LogP contribution in [0.1, 0.15) is 44.1 Å². The van der Waals surface area contributed by atoms with Gasteiger partial charge in [0.25, 0.3) is 5.91 Å². The van der Waals surface area contributed by atoms with E-state index in [0.29, 0.717) is 11.7 Å². The summed E-state index contributed by atoms with van der Waals surface area (Å²) in [6.07, 6.45) is 9.51. The molecule has 0 aliphatic rings. The van der Waals surface area contributed by atoms with Gasteiger partial charge in [0.05, 0.1) is 11.9 Å². The number of hydrogen-bond donors (Lipinski definition) is 3. The SMILES string of the molecule is C=C/C=C\C(F)=C/C.CCC(CC)Nc1cn[nH]c1C(=O)NC. The van der Waals surface area contributed by atoms with Crippen LogP contribution in [0, 0.1) is 0 Å². The third kappa shape index (κ3) is 7.99. The quantitative estimate of drug-likeness (QED) is 0.665. The number of amides is 1. The summed E-state index contributed by atoms with van der Waals surface area (Å²) < 4.78 is 12.0. The van der Waals surface area contributed by atoms with E-state index in [9.17, 15) is 9.18 Å². The van der Waals surface area contributed by atoms with Crippen molar-refractivity contribution in [3.63, 3.8) is 0 Å². The number of allylic oxidation sites excluding steroid dienone is 5. The fourth-order valence-corrected chi connectivity index (χ4v) is 1.66. The van der Waals surface area contributed by atoms with Gasteiger partial charge in [-0.05, 0) is 25.8 Å². The molecule has 1 aromatic rings. The molecule has 0 saturated carbocycles. The molecule has 3 N–H and O–H groups in total. The third-order valence-corrected chi connectivity index (χ3v) is 3.11. The van der Waals surface area contributed by atoms with Crippen LogP contribution in [0.3, 0.4) is 0 Å². The monoisotopic (exact) mass is 322 g/mol. The molecule has 1 heterocycles. The summed E-state index contributed by atoms with van der Waals surface area (Å²) in [7, 11) is 1.60. The normalized spacial score (nSPS) is 11.1. The first-order valence-corrected chi connectivity index (χ1v) is 7.66. The lowest BCUT2D eigenvalue weighted by Crippen LogP contribution is -2.23. The van der Waals surface area contributed by atoms with Crippen molar-refractivity contribution < 1.29 is 9.18 Å². The zero-order chi connectivity index (χ0) is 17.7. The number of nitrogens with one attached hydrogen (secondary N) is 3. The van der Waals surface area contributed by atoms with Crippen LogP contribution in [-0.4, -0.2) is 29.2 Å². The predicted molar refractivity (Wildman–Crippen MR) is 94.2 cm³/mol. The Balaban J connectivity index is 0.000000515. The molecule has 1 amide bonds. The number of aromatic nitrogens is 2. The number of aromatic amines is 1. The van der Waals surface area contributed by atoms with Gasteiger partial charge in [-0.15, -0.1) is 0 Å². The molecule has 0 bridgehead atoms. The van der Waals surface area contributed by atoms with E-state index in [1.807, 2.05) is 0 Å². The Labute approximate surface area is 137 Å². The summed E-state index contributed by atoms with van der Waals surface area (Å²) in [5, 5.41) is 12.4. The molecule has 0 aromatic carbocycles. The molecule has 128 valence electrons. The molecule has 0 saturated heterocycles. The highest BCUT2D eigenvalue weighted by Gasteiger charge is 2.14. The highest BCUT2D eigenvalue weighted by molar-refractivity contribution is 5.97. The van der Waals surface area contributed by atoms with E-state index < -0.39 is 0 Å². The average molecular weight is 322 g/mol. The van der Waals surface area contributed by atoms with Crippen LogP contribution in [0.25, 0.3) is 0 Å². The second-order valence-corrected chi connectivity index (χ2v) is 4.66. The van der Waals surface area contributed by atoms with Gasteiger partial charge < -0.3 is 10.6 Å². The van der Waals surface area contributed by atoms with Crippen molar-refractivity contribution >= 4 is 11.6 Å². The summed E-state index contributed by atoms with van der Waals surface area (Å²) in [5.74, 6) is -0.383. The highest BCUT2D eigenvalue weighted by atomic mass is 19.1. The van der Waals surface area contributed by atoms with E-state index in [1.54, 1.807) is 26.2 Å². The number of carbonyl (C=O) groups excluding carboxylic acids is 1. The first-order chi connectivity index (χ1) is 11.0. The Morgan fingerprint density at radius 2 is 2.13 bits per heavy atom. The minimum atomic E-state index is -0.232. The maximum absolute atomic E-state index is 12.0. The van der Waals surface area contributed by atoms with Crippen LogP contribution < -0.4 is 10.6 Å². The first kappa shape index (κ1) is 20.6. The van der Waals surface area contributed by atoms with E-state index in [2.05, 4.69) is 41.3 Å². The zero-order valence-corrected chi connectivity index (χ0v) is 14.3. The van der Waals surface area contributed by atoms with Gasteiger partial charge in [-0.1, -0.05) is 38.7 Å². The van der Waals surface area contributed by atoms with Gasteiger partial charge in [-0.2, -0.15) is 5.10 Å². The van der Waals surface area contributed by atoms with E-state index in [4.69, 9.17) is 0 Å². The predicted octanol–water partition coefficient (Wildman–Crippen LogP) is 3.97. The van der Waals surface area contributed by atoms with E-state index in [-0.39, 0.29) is 11.7 Å². The maximum Gasteiger partial charge on any atom is 0.271 e. The molecule has 0 fully saturated rings. The lowest BCUT2D eigenvalue weighted by atomic mass is 10.1. The van der Waals surface area contributed by atoms with Crippen molar-refractivity contribution in [3.05, 3.63) is 48.6 Å². The number of rotatable bonds is 7. The van der Waals surface area contributed by atoms with E-state index in [1.165, 1.54) is 18.2 Å². The second-order valence-electron chi connectivity index (χ2n) is 4.66. The Bertz CT molecular complexity index is 530. The number of H-pyrrole nitrogens is 1. The standard InChI is InChI=1S/C10H18N4O.C7H9F/c1-4-7(5-2)13-8-6-12-14-9(8)10(15)11-3;1-3-5-6-7(8)4-2/h6-7,13H,4-5H2,1-3H3,(H,11,15)(H,12,14);3-6H,1H2,2H3/b;6-5-,7-4+. The van der Waals surface area contributed by atoms with Crippen LogP contribution in [0.15, 0.2) is 42.9 Å². The minimum Gasteiger partial charge on any atom is -0.379 e. The summed E-state index contributed by atoms with van der Waals surface area (Å²) in [5.41, 5.74) is 1.26. The van der Waals surface area contributed by atoms with Crippen LogP contribution >= 0.6 is 0 Å². The van der Waals surface area contributed by atoms with Gasteiger partial charge in [0.2, 0.25) is 0 Å². The van der Waals surface area contributed by atoms with Crippen LogP contribution in [0.2, 0.25) is 0 Å². The molecule has 23 heavy (non-hydrogen) atoms. The minimum absolute atomic E-state index is 0.152. The zero-order valence-electron chi connectivity index (χ0n) is 14.3. The number of carbonyl (C=O) groups is 1. The van der Waals surface area contributed by atoms with Crippen LogP contribution in [0.5, 0.6) is 0 Å². The molecule has 0 radical (unpaired) electrons. The van der Waals surface area contributed by atoms with Gasteiger partial charge in [0.1, 0.15) is 11.5 Å². The van der Waals surface area contributed by atoms with E-state index in [0.717, 1.165) is 18.5 Å². The molecule has 0 aliphatic carbocycles. The van der Waals surface area contributed by atoms with Gasteiger partial charge in [0, 0.05) is 13.1 Å².